The molecule has 0 spiro atoms. The molecule has 6 heteroatoms. The van der Waals surface area contributed by atoms with Crippen LogP contribution in [0.1, 0.15) is 30.8 Å². The van der Waals surface area contributed by atoms with Crippen molar-refractivity contribution >= 4 is 5.82 Å². The van der Waals surface area contributed by atoms with Crippen LogP contribution in [0, 0.1) is 12.8 Å². The summed E-state index contributed by atoms with van der Waals surface area (Å²) in [6.07, 6.45) is 12.2. The van der Waals surface area contributed by atoms with E-state index in [2.05, 4.69) is 32.8 Å². The molecule has 122 valence electrons. The molecule has 0 amide bonds. The van der Waals surface area contributed by atoms with Crippen LogP contribution in [0.4, 0.5) is 5.82 Å². The van der Waals surface area contributed by atoms with E-state index >= 15 is 0 Å². The molecule has 0 N–H and O–H groups in total. The van der Waals surface area contributed by atoms with Crippen LogP contribution in [0.2, 0.25) is 0 Å². The normalized spacial score (nSPS) is 20.5. The standard InChI is InChI=1S/C18H20N6/c1-13-8-16(15-4-3-5-19-9-15)24(12-13)18-11-20-10-17(22-18)23-7-6-21-14(23)2/h3-7,9-11,13,16H,8,12H2,1-2H3. The second kappa shape index (κ2) is 6.03. The number of nitrogens with zero attached hydrogens (tertiary/aromatic N) is 6. The molecular formula is C18H20N6. The maximum Gasteiger partial charge on any atom is 0.159 e. The molecule has 0 bridgehead atoms. The van der Waals surface area contributed by atoms with E-state index in [1.54, 1.807) is 12.4 Å². The van der Waals surface area contributed by atoms with Crippen LogP contribution < -0.4 is 4.90 Å². The van der Waals surface area contributed by atoms with E-state index in [-0.39, 0.29) is 0 Å². The summed E-state index contributed by atoms with van der Waals surface area (Å²) in [5, 5.41) is 0. The summed E-state index contributed by atoms with van der Waals surface area (Å²) in [5.74, 6) is 3.21. The molecule has 4 heterocycles. The van der Waals surface area contributed by atoms with Crippen LogP contribution in [0.3, 0.4) is 0 Å². The second-order valence-corrected chi connectivity index (χ2v) is 6.38. The van der Waals surface area contributed by atoms with Crippen LogP contribution in [-0.2, 0) is 0 Å². The Labute approximate surface area is 141 Å². The quantitative estimate of drug-likeness (QED) is 0.742. The number of hydrogen-bond acceptors (Lipinski definition) is 5. The summed E-state index contributed by atoms with van der Waals surface area (Å²) in [7, 11) is 0. The van der Waals surface area contributed by atoms with Gasteiger partial charge in [-0.05, 0) is 30.9 Å². The Bertz CT molecular complexity index is 828. The highest BCUT2D eigenvalue weighted by Gasteiger charge is 2.32. The number of rotatable bonds is 3. The van der Waals surface area contributed by atoms with Crippen molar-refractivity contribution in [1.82, 2.24) is 24.5 Å². The first-order valence-corrected chi connectivity index (χ1v) is 8.21. The fourth-order valence-corrected chi connectivity index (χ4v) is 3.41. The van der Waals surface area contributed by atoms with Gasteiger partial charge in [-0.15, -0.1) is 0 Å². The largest absolute Gasteiger partial charge is 0.348 e. The zero-order chi connectivity index (χ0) is 16.5. The van der Waals surface area contributed by atoms with Crippen molar-refractivity contribution in [3.05, 3.63) is 60.7 Å². The molecule has 6 nitrogen and oxygen atoms in total. The van der Waals surface area contributed by atoms with Gasteiger partial charge in [-0.2, -0.15) is 0 Å². The van der Waals surface area contributed by atoms with E-state index in [9.17, 15) is 0 Å². The third-order valence-electron chi connectivity index (χ3n) is 4.56. The zero-order valence-corrected chi connectivity index (χ0v) is 13.9. The molecule has 1 saturated heterocycles. The lowest BCUT2D eigenvalue weighted by molar-refractivity contribution is 0.617. The third-order valence-corrected chi connectivity index (χ3v) is 4.56. The Kier molecular flexibility index (Phi) is 3.72. The average molecular weight is 320 g/mol. The van der Waals surface area contributed by atoms with Gasteiger partial charge in [-0.25, -0.2) is 9.97 Å². The second-order valence-electron chi connectivity index (χ2n) is 6.38. The fourth-order valence-electron chi connectivity index (χ4n) is 3.41. The highest BCUT2D eigenvalue weighted by molar-refractivity contribution is 5.44. The summed E-state index contributed by atoms with van der Waals surface area (Å²) >= 11 is 0. The Morgan fingerprint density at radius 2 is 1.96 bits per heavy atom. The molecule has 1 aliphatic heterocycles. The number of aromatic nitrogens is 5. The van der Waals surface area contributed by atoms with E-state index < -0.39 is 0 Å². The highest BCUT2D eigenvalue weighted by Crippen LogP contribution is 2.37. The molecule has 0 aliphatic carbocycles. The first-order chi connectivity index (χ1) is 11.7. The average Bonchev–Trinajstić information content (AvgIpc) is 3.21. The van der Waals surface area contributed by atoms with Crippen molar-refractivity contribution in [1.29, 1.82) is 0 Å². The van der Waals surface area contributed by atoms with Crippen LogP contribution in [0.15, 0.2) is 49.3 Å². The predicted molar refractivity (Wildman–Crippen MR) is 92.0 cm³/mol. The SMILES string of the molecule is Cc1nccn1-c1cncc(N2CC(C)CC2c2cccnc2)n1. The molecule has 0 radical (unpaired) electrons. The lowest BCUT2D eigenvalue weighted by Crippen LogP contribution is -2.25. The summed E-state index contributed by atoms with van der Waals surface area (Å²) in [5.41, 5.74) is 1.23. The molecule has 1 fully saturated rings. The Morgan fingerprint density at radius 3 is 2.71 bits per heavy atom. The lowest BCUT2D eigenvalue weighted by atomic mass is 10.0. The van der Waals surface area contributed by atoms with Gasteiger partial charge in [0.25, 0.3) is 0 Å². The van der Waals surface area contributed by atoms with Crippen molar-refractivity contribution in [3.8, 4) is 5.82 Å². The summed E-state index contributed by atoms with van der Waals surface area (Å²) < 4.78 is 1.95. The van der Waals surface area contributed by atoms with Crippen LogP contribution in [0.5, 0.6) is 0 Å². The van der Waals surface area contributed by atoms with E-state index in [1.807, 2.05) is 42.3 Å². The van der Waals surface area contributed by atoms with Crippen molar-refractivity contribution in [2.75, 3.05) is 11.4 Å². The highest BCUT2D eigenvalue weighted by atomic mass is 15.3. The van der Waals surface area contributed by atoms with Gasteiger partial charge in [0.1, 0.15) is 11.6 Å². The first kappa shape index (κ1) is 14.8. The van der Waals surface area contributed by atoms with Crippen molar-refractivity contribution in [3.63, 3.8) is 0 Å². The van der Waals surface area contributed by atoms with Crippen LogP contribution in [-0.4, -0.2) is 31.0 Å². The molecule has 24 heavy (non-hydrogen) atoms. The lowest BCUT2D eigenvalue weighted by Gasteiger charge is -2.26. The van der Waals surface area contributed by atoms with Gasteiger partial charge in [0.15, 0.2) is 5.82 Å². The van der Waals surface area contributed by atoms with Gasteiger partial charge >= 0.3 is 0 Å². The summed E-state index contributed by atoms with van der Waals surface area (Å²) in [6.45, 7) is 5.21. The van der Waals surface area contributed by atoms with Crippen molar-refractivity contribution in [2.24, 2.45) is 5.92 Å². The summed E-state index contributed by atoms with van der Waals surface area (Å²) in [6, 6.07) is 4.43. The van der Waals surface area contributed by atoms with Crippen LogP contribution >= 0.6 is 0 Å². The Balaban J connectivity index is 1.71. The first-order valence-electron chi connectivity index (χ1n) is 8.21. The van der Waals surface area contributed by atoms with E-state index in [4.69, 9.17) is 4.98 Å². The number of aryl methyl sites for hydroxylation is 1. The smallest absolute Gasteiger partial charge is 0.159 e. The van der Waals surface area contributed by atoms with Crippen LogP contribution in [0.25, 0.3) is 5.82 Å². The minimum absolute atomic E-state index is 0.294. The Hall–Kier alpha value is -2.76. The van der Waals surface area contributed by atoms with Gasteiger partial charge in [-0.1, -0.05) is 13.0 Å². The number of imidazole rings is 1. The van der Waals surface area contributed by atoms with Crippen molar-refractivity contribution in [2.45, 2.75) is 26.3 Å². The molecular weight excluding hydrogens is 300 g/mol. The summed E-state index contributed by atoms with van der Waals surface area (Å²) in [4.78, 5) is 20.1. The zero-order valence-electron chi connectivity index (χ0n) is 13.9. The maximum atomic E-state index is 4.83. The van der Waals surface area contributed by atoms with Gasteiger partial charge in [0.2, 0.25) is 0 Å². The molecule has 2 atom stereocenters. The van der Waals surface area contributed by atoms with Gasteiger partial charge < -0.3 is 4.90 Å². The van der Waals surface area contributed by atoms with E-state index in [0.717, 1.165) is 30.4 Å². The van der Waals surface area contributed by atoms with Crippen molar-refractivity contribution < 1.29 is 0 Å². The molecule has 0 saturated carbocycles. The molecule has 3 aromatic rings. The molecule has 2 unspecified atom stereocenters. The molecule has 1 aliphatic rings. The van der Waals surface area contributed by atoms with E-state index in [1.165, 1.54) is 5.56 Å². The van der Waals surface area contributed by atoms with Gasteiger partial charge in [-0.3, -0.25) is 14.5 Å². The maximum absolute atomic E-state index is 4.83. The van der Waals surface area contributed by atoms with Gasteiger partial charge in [0.05, 0.1) is 18.4 Å². The Morgan fingerprint density at radius 1 is 1.08 bits per heavy atom. The number of anilines is 1. The minimum Gasteiger partial charge on any atom is -0.348 e. The topological polar surface area (TPSA) is 59.7 Å². The molecule has 4 rings (SSSR count). The van der Waals surface area contributed by atoms with E-state index in [0.29, 0.717) is 12.0 Å². The number of hydrogen-bond donors (Lipinski definition) is 0. The monoisotopic (exact) mass is 320 g/mol. The minimum atomic E-state index is 0.294. The fraction of sp³-hybridized carbons (Fsp3) is 0.333. The number of pyridine rings is 1. The molecule has 3 aromatic heterocycles. The predicted octanol–water partition coefficient (Wildman–Crippen LogP) is 2.95. The third kappa shape index (κ3) is 2.64. The van der Waals surface area contributed by atoms with Gasteiger partial charge in [0, 0.05) is 31.3 Å². The molecule has 0 aromatic carbocycles.